The first-order chi connectivity index (χ1) is 9.79. The molecule has 116 valence electrons. The van der Waals surface area contributed by atoms with Crippen molar-refractivity contribution in [2.45, 2.75) is 39.0 Å². The number of carbonyl (C=O) groups excluding carboxylic acids is 1. The maximum absolute atomic E-state index is 11.7. The van der Waals surface area contributed by atoms with Crippen LogP contribution >= 0.6 is 0 Å². The number of nitrogens with one attached hydrogen (secondary N) is 2. The predicted octanol–water partition coefficient (Wildman–Crippen LogP) is 1.43. The van der Waals surface area contributed by atoms with Crippen LogP contribution in [0.15, 0.2) is 24.3 Å². The molecule has 7 nitrogen and oxygen atoms in total. The number of carboxylic acids is 1. The fraction of sp³-hybridized carbons (Fsp3) is 0.429. The number of hydrogen-bond acceptors (Lipinski definition) is 4. The number of aliphatic carboxylic acids is 1. The van der Waals surface area contributed by atoms with Gasteiger partial charge in [0.2, 0.25) is 0 Å². The maximum Gasteiger partial charge on any atom is 0.328 e. The van der Waals surface area contributed by atoms with Crippen molar-refractivity contribution in [1.29, 1.82) is 0 Å². The van der Waals surface area contributed by atoms with Crippen molar-refractivity contribution in [3.05, 3.63) is 24.3 Å². The first kappa shape index (κ1) is 16.8. The Hall–Kier alpha value is -2.28. The first-order valence-electron chi connectivity index (χ1n) is 6.54. The minimum absolute atomic E-state index is 0.0504. The molecule has 2 amide bonds. The summed E-state index contributed by atoms with van der Waals surface area (Å²) in [4.78, 5) is 22.5. The fourth-order valence-electron chi connectivity index (χ4n) is 1.59. The average molecular weight is 296 g/mol. The van der Waals surface area contributed by atoms with E-state index in [0.29, 0.717) is 11.4 Å². The SMILES string of the molecule is CC(C)Oc1ccc(NC(=O)NC(C(=O)O)C(C)O)cc1. The third-order valence-corrected chi connectivity index (χ3v) is 2.52. The summed E-state index contributed by atoms with van der Waals surface area (Å²) in [6.45, 7) is 5.10. The summed E-state index contributed by atoms with van der Waals surface area (Å²) in [5.41, 5.74) is 0.485. The lowest BCUT2D eigenvalue weighted by Gasteiger charge is -2.17. The summed E-state index contributed by atoms with van der Waals surface area (Å²) < 4.78 is 5.46. The molecule has 0 aliphatic carbocycles. The molecule has 0 saturated heterocycles. The molecule has 0 saturated carbocycles. The Labute approximate surface area is 122 Å². The molecule has 1 rings (SSSR count). The van der Waals surface area contributed by atoms with Crippen molar-refractivity contribution in [2.75, 3.05) is 5.32 Å². The van der Waals surface area contributed by atoms with E-state index in [0.717, 1.165) is 0 Å². The Balaban J connectivity index is 2.60. The molecule has 7 heteroatoms. The van der Waals surface area contributed by atoms with Gasteiger partial charge in [-0.2, -0.15) is 0 Å². The standard InChI is InChI=1S/C14H20N2O5/c1-8(2)21-11-6-4-10(5-7-11)15-14(20)16-12(9(3)17)13(18)19/h4-9,12,17H,1-3H3,(H,18,19)(H2,15,16,20). The number of hydrogen-bond donors (Lipinski definition) is 4. The summed E-state index contributed by atoms with van der Waals surface area (Å²) >= 11 is 0. The molecule has 0 spiro atoms. The van der Waals surface area contributed by atoms with Crippen LogP contribution in [0.2, 0.25) is 0 Å². The van der Waals surface area contributed by atoms with E-state index < -0.39 is 24.1 Å². The summed E-state index contributed by atoms with van der Waals surface area (Å²) in [6.07, 6.45) is -1.15. The minimum Gasteiger partial charge on any atom is -0.491 e. The van der Waals surface area contributed by atoms with E-state index >= 15 is 0 Å². The second-order valence-electron chi connectivity index (χ2n) is 4.85. The van der Waals surface area contributed by atoms with Crippen LogP contribution in [-0.4, -0.2) is 40.5 Å². The quantitative estimate of drug-likeness (QED) is 0.635. The fourth-order valence-corrected chi connectivity index (χ4v) is 1.59. The number of carboxylic acid groups (broad SMARTS) is 1. The second kappa shape index (κ2) is 7.49. The maximum atomic E-state index is 11.7. The van der Waals surface area contributed by atoms with Crippen LogP contribution in [0.1, 0.15) is 20.8 Å². The Morgan fingerprint density at radius 3 is 2.14 bits per heavy atom. The van der Waals surface area contributed by atoms with Gasteiger partial charge in [0.15, 0.2) is 6.04 Å². The lowest BCUT2D eigenvalue weighted by Crippen LogP contribution is -2.49. The zero-order valence-electron chi connectivity index (χ0n) is 12.2. The van der Waals surface area contributed by atoms with Crippen molar-refractivity contribution < 1.29 is 24.5 Å². The Kier molecular flexibility index (Phi) is 5.98. The number of benzene rings is 1. The molecule has 0 radical (unpaired) electrons. The van der Waals surface area contributed by atoms with Gasteiger partial charge in [-0.05, 0) is 45.0 Å². The van der Waals surface area contributed by atoms with Gasteiger partial charge in [-0.25, -0.2) is 9.59 Å². The zero-order chi connectivity index (χ0) is 16.0. The Bertz CT molecular complexity index is 485. The van der Waals surface area contributed by atoms with Crippen LogP contribution in [0, 0.1) is 0 Å². The van der Waals surface area contributed by atoms with Crippen molar-refractivity contribution >= 4 is 17.7 Å². The van der Waals surface area contributed by atoms with Crippen molar-refractivity contribution in [3.63, 3.8) is 0 Å². The van der Waals surface area contributed by atoms with E-state index in [4.69, 9.17) is 9.84 Å². The van der Waals surface area contributed by atoms with Crippen molar-refractivity contribution in [1.82, 2.24) is 5.32 Å². The van der Waals surface area contributed by atoms with Gasteiger partial charge in [-0.3, -0.25) is 0 Å². The smallest absolute Gasteiger partial charge is 0.328 e. The molecule has 1 aromatic rings. The molecule has 0 bridgehead atoms. The predicted molar refractivity (Wildman–Crippen MR) is 77.5 cm³/mol. The van der Waals surface area contributed by atoms with Crippen LogP contribution in [-0.2, 0) is 4.79 Å². The molecule has 4 N–H and O–H groups in total. The molecule has 2 atom stereocenters. The van der Waals surface area contributed by atoms with E-state index in [1.54, 1.807) is 24.3 Å². The number of aliphatic hydroxyl groups excluding tert-OH is 1. The monoisotopic (exact) mass is 296 g/mol. The number of amides is 2. The van der Waals surface area contributed by atoms with Gasteiger partial charge in [0.1, 0.15) is 5.75 Å². The lowest BCUT2D eigenvalue weighted by molar-refractivity contribution is -0.141. The first-order valence-corrected chi connectivity index (χ1v) is 6.54. The largest absolute Gasteiger partial charge is 0.491 e. The summed E-state index contributed by atoms with van der Waals surface area (Å²) in [5.74, 6) is -0.635. The molecule has 21 heavy (non-hydrogen) atoms. The Morgan fingerprint density at radius 1 is 1.14 bits per heavy atom. The van der Waals surface area contributed by atoms with Gasteiger partial charge >= 0.3 is 12.0 Å². The highest BCUT2D eigenvalue weighted by Gasteiger charge is 2.24. The number of carbonyl (C=O) groups is 2. The molecule has 1 aromatic carbocycles. The summed E-state index contributed by atoms with van der Waals surface area (Å²) in [6, 6.07) is 4.58. The Morgan fingerprint density at radius 2 is 1.71 bits per heavy atom. The van der Waals surface area contributed by atoms with Crippen LogP contribution in [0.5, 0.6) is 5.75 Å². The van der Waals surface area contributed by atoms with Gasteiger partial charge in [-0.15, -0.1) is 0 Å². The third kappa shape index (κ3) is 5.70. The highest BCUT2D eigenvalue weighted by molar-refractivity contribution is 5.92. The van der Waals surface area contributed by atoms with E-state index in [9.17, 15) is 14.7 Å². The van der Waals surface area contributed by atoms with Gasteiger partial charge in [-0.1, -0.05) is 0 Å². The van der Waals surface area contributed by atoms with E-state index in [2.05, 4.69) is 10.6 Å². The van der Waals surface area contributed by atoms with E-state index in [-0.39, 0.29) is 6.10 Å². The molecule has 0 aliphatic rings. The van der Waals surface area contributed by atoms with Crippen LogP contribution in [0.3, 0.4) is 0 Å². The second-order valence-corrected chi connectivity index (χ2v) is 4.85. The number of aliphatic hydroxyl groups is 1. The minimum atomic E-state index is -1.37. The summed E-state index contributed by atoms with van der Waals surface area (Å²) in [7, 11) is 0. The molecule has 2 unspecified atom stereocenters. The average Bonchev–Trinajstić information content (AvgIpc) is 2.37. The third-order valence-electron chi connectivity index (χ3n) is 2.52. The van der Waals surface area contributed by atoms with Crippen molar-refractivity contribution in [2.24, 2.45) is 0 Å². The highest BCUT2D eigenvalue weighted by atomic mass is 16.5. The van der Waals surface area contributed by atoms with Gasteiger partial charge in [0.05, 0.1) is 12.2 Å². The topological polar surface area (TPSA) is 108 Å². The van der Waals surface area contributed by atoms with Crippen molar-refractivity contribution in [3.8, 4) is 5.75 Å². The molecule has 0 aliphatic heterocycles. The molecular weight excluding hydrogens is 276 g/mol. The van der Waals surface area contributed by atoms with Crippen LogP contribution in [0.4, 0.5) is 10.5 Å². The van der Waals surface area contributed by atoms with E-state index in [1.165, 1.54) is 6.92 Å². The number of anilines is 1. The van der Waals surface area contributed by atoms with Gasteiger partial charge in [0, 0.05) is 5.69 Å². The number of urea groups is 1. The van der Waals surface area contributed by atoms with Gasteiger partial charge < -0.3 is 25.6 Å². The summed E-state index contributed by atoms with van der Waals surface area (Å²) in [5, 5.41) is 22.8. The highest BCUT2D eigenvalue weighted by Crippen LogP contribution is 2.16. The molecule has 0 aromatic heterocycles. The van der Waals surface area contributed by atoms with Crippen LogP contribution in [0.25, 0.3) is 0 Å². The van der Waals surface area contributed by atoms with Crippen LogP contribution < -0.4 is 15.4 Å². The van der Waals surface area contributed by atoms with E-state index in [1.807, 2.05) is 13.8 Å². The van der Waals surface area contributed by atoms with Gasteiger partial charge in [0.25, 0.3) is 0 Å². The normalized spacial score (nSPS) is 13.4. The molecular formula is C14H20N2O5. The number of rotatable bonds is 6. The molecule has 0 fully saturated rings. The number of ether oxygens (including phenoxy) is 1. The zero-order valence-corrected chi connectivity index (χ0v) is 12.2. The molecule has 0 heterocycles. The lowest BCUT2D eigenvalue weighted by atomic mass is 10.2.